The van der Waals surface area contributed by atoms with Crippen molar-refractivity contribution in [2.45, 2.75) is 38.5 Å². The molecule has 2 heteroatoms. The third-order valence-electron chi connectivity index (χ3n) is 3.98. The monoisotopic (exact) mass is 196 g/mol. The first kappa shape index (κ1) is 10.2. The molecule has 2 bridgehead atoms. The van der Waals surface area contributed by atoms with Crippen LogP contribution in [0.4, 0.5) is 0 Å². The van der Waals surface area contributed by atoms with Gasteiger partial charge in [0.15, 0.2) is 5.78 Å². The molecule has 0 aliphatic heterocycles. The first-order valence-electron chi connectivity index (χ1n) is 5.80. The predicted octanol–water partition coefficient (Wildman–Crippen LogP) is 2.42. The summed E-state index contributed by atoms with van der Waals surface area (Å²) in [7, 11) is 1.59. The van der Waals surface area contributed by atoms with Crippen molar-refractivity contribution in [3.63, 3.8) is 0 Å². The Balaban J connectivity index is 1.69. The number of rotatable bonds is 5. The molecular weight excluding hydrogens is 176 g/mol. The zero-order chi connectivity index (χ0) is 9.97. The Bertz CT molecular complexity index is 212. The molecule has 0 aromatic rings. The molecular formula is C12H20O2. The van der Waals surface area contributed by atoms with Crippen LogP contribution in [0.25, 0.3) is 0 Å². The van der Waals surface area contributed by atoms with E-state index in [1.54, 1.807) is 7.11 Å². The van der Waals surface area contributed by atoms with Crippen LogP contribution >= 0.6 is 0 Å². The van der Waals surface area contributed by atoms with E-state index in [-0.39, 0.29) is 5.78 Å². The minimum atomic E-state index is 0.273. The summed E-state index contributed by atoms with van der Waals surface area (Å²) in [5.74, 6) is 3.09. The third-order valence-corrected chi connectivity index (χ3v) is 3.98. The lowest BCUT2D eigenvalue weighted by atomic mass is 9.85. The van der Waals surface area contributed by atoms with E-state index in [1.165, 1.54) is 25.7 Å². The van der Waals surface area contributed by atoms with Crippen molar-refractivity contribution in [1.29, 1.82) is 0 Å². The van der Waals surface area contributed by atoms with E-state index >= 15 is 0 Å². The average molecular weight is 196 g/mol. The molecule has 3 unspecified atom stereocenters. The molecule has 2 nitrogen and oxygen atoms in total. The smallest absolute Gasteiger partial charge is 0.158 e. The second-order valence-corrected chi connectivity index (χ2v) is 4.95. The molecule has 3 atom stereocenters. The standard InChI is InChI=1S/C12H20O2/c1-14-8-12(13)5-4-11-7-9-2-3-10(11)6-9/h9-11H,2-8H2,1H3. The molecule has 2 aliphatic carbocycles. The minimum absolute atomic E-state index is 0.273. The van der Waals surface area contributed by atoms with Gasteiger partial charge in [-0.2, -0.15) is 0 Å². The lowest BCUT2D eigenvalue weighted by molar-refractivity contribution is -0.123. The SMILES string of the molecule is COCC(=O)CCC1CC2CCC1C2. The highest BCUT2D eigenvalue weighted by atomic mass is 16.5. The van der Waals surface area contributed by atoms with Crippen LogP contribution in [0.2, 0.25) is 0 Å². The Hall–Kier alpha value is -0.370. The van der Waals surface area contributed by atoms with Gasteiger partial charge in [0.1, 0.15) is 6.61 Å². The summed E-state index contributed by atoms with van der Waals surface area (Å²) in [6.45, 7) is 0.306. The molecule has 0 N–H and O–H groups in total. The van der Waals surface area contributed by atoms with E-state index in [1.807, 2.05) is 0 Å². The molecule has 0 aromatic heterocycles. The fourth-order valence-electron chi connectivity index (χ4n) is 3.31. The topological polar surface area (TPSA) is 26.3 Å². The Morgan fingerprint density at radius 1 is 1.36 bits per heavy atom. The quantitative estimate of drug-likeness (QED) is 0.675. The number of ketones is 1. The summed E-state index contributed by atoms with van der Waals surface area (Å²) >= 11 is 0. The molecule has 80 valence electrons. The minimum Gasteiger partial charge on any atom is -0.377 e. The van der Waals surface area contributed by atoms with Crippen LogP contribution in [-0.2, 0) is 9.53 Å². The fraction of sp³-hybridized carbons (Fsp3) is 0.917. The second-order valence-electron chi connectivity index (χ2n) is 4.95. The van der Waals surface area contributed by atoms with Gasteiger partial charge in [-0.15, -0.1) is 0 Å². The van der Waals surface area contributed by atoms with Crippen molar-refractivity contribution in [1.82, 2.24) is 0 Å². The first-order valence-corrected chi connectivity index (χ1v) is 5.80. The summed E-state index contributed by atoms with van der Waals surface area (Å²) in [6, 6.07) is 0. The van der Waals surface area contributed by atoms with Crippen LogP contribution in [0.15, 0.2) is 0 Å². The molecule has 2 aliphatic rings. The van der Waals surface area contributed by atoms with Gasteiger partial charge in [-0.1, -0.05) is 6.42 Å². The lowest BCUT2D eigenvalue weighted by Gasteiger charge is -2.20. The zero-order valence-electron chi connectivity index (χ0n) is 9.00. The molecule has 2 rings (SSSR count). The molecule has 0 saturated heterocycles. The van der Waals surface area contributed by atoms with E-state index in [2.05, 4.69) is 0 Å². The zero-order valence-corrected chi connectivity index (χ0v) is 9.00. The Morgan fingerprint density at radius 2 is 2.21 bits per heavy atom. The van der Waals surface area contributed by atoms with Crippen LogP contribution in [-0.4, -0.2) is 19.5 Å². The molecule has 0 spiro atoms. The second kappa shape index (κ2) is 4.43. The molecule has 0 amide bonds. The molecule has 2 saturated carbocycles. The number of Topliss-reactive ketones (excluding diaryl/α,β-unsaturated/α-hetero) is 1. The highest BCUT2D eigenvalue weighted by Gasteiger charge is 2.38. The van der Waals surface area contributed by atoms with Crippen molar-refractivity contribution in [2.24, 2.45) is 17.8 Å². The van der Waals surface area contributed by atoms with Crippen molar-refractivity contribution < 1.29 is 9.53 Å². The number of ether oxygens (including phenoxy) is 1. The molecule has 0 aromatic carbocycles. The van der Waals surface area contributed by atoms with Crippen LogP contribution in [0.3, 0.4) is 0 Å². The maximum atomic E-state index is 11.3. The number of carbonyl (C=O) groups excluding carboxylic acids is 1. The van der Waals surface area contributed by atoms with Gasteiger partial charge in [0.25, 0.3) is 0 Å². The van der Waals surface area contributed by atoms with Gasteiger partial charge >= 0.3 is 0 Å². The van der Waals surface area contributed by atoms with Crippen LogP contribution in [0.1, 0.15) is 38.5 Å². The number of carbonyl (C=O) groups is 1. The molecule has 14 heavy (non-hydrogen) atoms. The van der Waals surface area contributed by atoms with Gasteiger partial charge < -0.3 is 4.74 Å². The number of hydrogen-bond donors (Lipinski definition) is 0. The number of methoxy groups -OCH3 is 1. The number of hydrogen-bond acceptors (Lipinski definition) is 2. The summed E-state index contributed by atoms with van der Waals surface area (Å²) in [5.41, 5.74) is 0. The van der Waals surface area contributed by atoms with Crippen LogP contribution in [0.5, 0.6) is 0 Å². The highest BCUT2D eigenvalue weighted by Crippen LogP contribution is 2.49. The van der Waals surface area contributed by atoms with Gasteiger partial charge in [0, 0.05) is 13.5 Å². The van der Waals surface area contributed by atoms with Crippen molar-refractivity contribution in [2.75, 3.05) is 13.7 Å². The van der Waals surface area contributed by atoms with Gasteiger partial charge in [-0.05, 0) is 43.4 Å². The summed E-state index contributed by atoms with van der Waals surface area (Å²) in [5, 5.41) is 0. The molecule has 0 radical (unpaired) electrons. The summed E-state index contributed by atoms with van der Waals surface area (Å²) < 4.78 is 4.83. The maximum Gasteiger partial charge on any atom is 0.158 e. The van der Waals surface area contributed by atoms with Crippen molar-refractivity contribution in [3.8, 4) is 0 Å². The lowest BCUT2D eigenvalue weighted by Crippen LogP contribution is -2.14. The van der Waals surface area contributed by atoms with Crippen molar-refractivity contribution >= 4 is 5.78 Å². The predicted molar refractivity (Wildman–Crippen MR) is 55.1 cm³/mol. The van der Waals surface area contributed by atoms with E-state index in [9.17, 15) is 4.79 Å². The van der Waals surface area contributed by atoms with E-state index in [0.717, 1.165) is 30.6 Å². The van der Waals surface area contributed by atoms with Crippen LogP contribution in [0, 0.1) is 17.8 Å². The first-order chi connectivity index (χ1) is 6.79. The molecule has 0 heterocycles. The van der Waals surface area contributed by atoms with E-state index < -0.39 is 0 Å². The van der Waals surface area contributed by atoms with E-state index in [4.69, 9.17) is 4.74 Å². The van der Waals surface area contributed by atoms with E-state index in [0.29, 0.717) is 6.61 Å². The Morgan fingerprint density at radius 3 is 2.79 bits per heavy atom. The fourth-order valence-corrected chi connectivity index (χ4v) is 3.31. The number of fused-ring (bicyclic) bond motifs is 2. The molecule has 2 fully saturated rings. The van der Waals surface area contributed by atoms with Crippen LogP contribution < -0.4 is 0 Å². The summed E-state index contributed by atoms with van der Waals surface area (Å²) in [6.07, 6.45) is 7.57. The van der Waals surface area contributed by atoms with Gasteiger partial charge in [0.2, 0.25) is 0 Å². The summed E-state index contributed by atoms with van der Waals surface area (Å²) in [4.78, 5) is 11.3. The normalized spacial score (nSPS) is 35.1. The Labute approximate surface area is 86.0 Å². The average Bonchev–Trinajstić information content (AvgIpc) is 2.76. The van der Waals surface area contributed by atoms with Crippen molar-refractivity contribution in [3.05, 3.63) is 0 Å². The van der Waals surface area contributed by atoms with Gasteiger partial charge in [0.05, 0.1) is 0 Å². The third kappa shape index (κ3) is 2.17. The highest BCUT2D eigenvalue weighted by molar-refractivity contribution is 5.79. The van der Waals surface area contributed by atoms with Gasteiger partial charge in [-0.25, -0.2) is 0 Å². The van der Waals surface area contributed by atoms with Gasteiger partial charge in [-0.3, -0.25) is 4.79 Å². The maximum absolute atomic E-state index is 11.3. The largest absolute Gasteiger partial charge is 0.377 e. The Kier molecular flexibility index (Phi) is 3.22.